The number of aromatic nitrogens is 6. The second-order valence-electron chi connectivity index (χ2n) is 11.7. The van der Waals surface area contributed by atoms with Gasteiger partial charge in [-0.2, -0.15) is 0 Å². The van der Waals surface area contributed by atoms with E-state index in [9.17, 15) is 0 Å². The molecular formula is C33H34N8. The van der Waals surface area contributed by atoms with Crippen molar-refractivity contribution in [2.75, 3.05) is 13.1 Å². The van der Waals surface area contributed by atoms with Crippen LogP contribution in [0, 0.1) is 12.8 Å². The van der Waals surface area contributed by atoms with E-state index < -0.39 is 0 Å². The number of aryl methyl sites for hydroxylation is 1. The van der Waals surface area contributed by atoms with Gasteiger partial charge in [-0.05, 0) is 68.9 Å². The molecule has 1 aliphatic carbocycles. The molecule has 1 unspecified atom stereocenters. The first-order valence-corrected chi connectivity index (χ1v) is 14.7. The van der Waals surface area contributed by atoms with Gasteiger partial charge in [-0.3, -0.25) is 0 Å². The average molecular weight is 543 g/mol. The number of nitrogens with zero attached hydrogens (tertiary/aromatic N) is 7. The normalized spacial score (nSPS) is 17.7. The molecule has 2 aliphatic rings. The molecule has 0 bridgehead atoms. The summed E-state index contributed by atoms with van der Waals surface area (Å²) in [7, 11) is 0. The summed E-state index contributed by atoms with van der Waals surface area (Å²) in [6, 6.07) is 21.3. The van der Waals surface area contributed by atoms with Gasteiger partial charge in [0, 0.05) is 54.2 Å². The van der Waals surface area contributed by atoms with E-state index in [1.54, 1.807) is 0 Å². The van der Waals surface area contributed by atoms with Crippen LogP contribution in [0.1, 0.15) is 36.9 Å². The molecule has 5 heterocycles. The summed E-state index contributed by atoms with van der Waals surface area (Å²) in [6.07, 6.45) is 6.83. The first-order valence-electron chi connectivity index (χ1n) is 14.7. The SMILES string of the molecule is C=C(c1ccn2c(C)c(-c3c(-n4nnc5ccccc54)c4ccccc4n3CC3CC3)nc2c1)N1CCCC(N)C1. The van der Waals surface area contributed by atoms with E-state index in [0.717, 1.165) is 88.6 Å². The molecular weight excluding hydrogens is 508 g/mol. The minimum atomic E-state index is 0.198. The van der Waals surface area contributed by atoms with Crippen molar-refractivity contribution in [1.82, 2.24) is 33.8 Å². The Labute approximate surface area is 238 Å². The number of benzene rings is 2. The molecule has 1 aliphatic heterocycles. The number of rotatable bonds is 6. The molecule has 0 spiro atoms. The van der Waals surface area contributed by atoms with Crippen molar-refractivity contribution < 1.29 is 0 Å². The number of para-hydroxylation sites is 2. The lowest BCUT2D eigenvalue weighted by atomic mass is 10.0. The Kier molecular flexibility index (Phi) is 5.53. The van der Waals surface area contributed by atoms with Crippen LogP contribution in [0.3, 0.4) is 0 Å². The number of fused-ring (bicyclic) bond motifs is 3. The maximum absolute atomic E-state index is 6.28. The van der Waals surface area contributed by atoms with Crippen LogP contribution in [-0.4, -0.2) is 53.0 Å². The molecule has 8 heteroatoms. The molecule has 8 rings (SSSR count). The molecule has 1 saturated carbocycles. The van der Waals surface area contributed by atoms with E-state index in [2.05, 4.69) is 86.3 Å². The fourth-order valence-electron chi connectivity index (χ4n) is 6.53. The molecule has 6 aromatic rings. The Balaban J connectivity index is 1.34. The second kappa shape index (κ2) is 9.31. The highest BCUT2D eigenvalue weighted by Gasteiger charge is 2.30. The third kappa shape index (κ3) is 3.96. The lowest BCUT2D eigenvalue weighted by molar-refractivity contribution is 0.296. The second-order valence-corrected chi connectivity index (χ2v) is 11.7. The van der Waals surface area contributed by atoms with E-state index in [1.165, 1.54) is 18.4 Å². The van der Waals surface area contributed by atoms with Crippen LogP contribution < -0.4 is 5.73 Å². The van der Waals surface area contributed by atoms with Crippen LogP contribution in [0.5, 0.6) is 0 Å². The molecule has 2 N–H and O–H groups in total. The summed E-state index contributed by atoms with van der Waals surface area (Å²) in [5, 5.41) is 10.4. The number of imidazole rings is 1. The molecule has 4 aromatic heterocycles. The fraction of sp³-hybridized carbons (Fsp3) is 0.303. The van der Waals surface area contributed by atoms with E-state index in [-0.39, 0.29) is 6.04 Å². The molecule has 206 valence electrons. The van der Waals surface area contributed by atoms with E-state index in [0.29, 0.717) is 5.92 Å². The highest BCUT2D eigenvalue weighted by Crippen LogP contribution is 2.42. The van der Waals surface area contributed by atoms with Gasteiger partial charge in [-0.25, -0.2) is 9.67 Å². The Hall–Kier alpha value is -4.43. The molecule has 1 atom stereocenters. The minimum Gasteiger partial charge on any atom is -0.370 e. The number of hydrogen-bond donors (Lipinski definition) is 1. The standard InChI is InChI=1S/C33H34N8/c1-21(38-16-7-8-25(34)20-38)24-15-17-39-22(2)31(35-30(39)18-24)33-32(41-29-12-6-4-10-27(29)36-37-41)26-9-3-5-11-28(26)40(33)19-23-13-14-23/h3-6,9-12,15,17-18,23,25H,1,7-8,13-14,16,19-20,34H2,2H3. The van der Waals surface area contributed by atoms with Crippen molar-refractivity contribution in [3.8, 4) is 17.1 Å². The van der Waals surface area contributed by atoms with Crippen LogP contribution in [0.15, 0.2) is 73.4 Å². The summed E-state index contributed by atoms with van der Waals surface area (Å²) in [5.41, 5.74) is 16.6. The zero-order chi connectivity index (χ0) is 27.7. The monoisotopic (exact) mass is 542 g/mol. The van der Waals surface area contributed by atoms with Crippen LogP contribution in [0.2, 0.25) is 0 Å². The lowest BCUT2D eigenvalue weighted by Crippen LogP contribution is -2.41. The van der Waals surface area contributed by atoms with Gasteiger partial charge in [0.15, 0.2) is 0 Å². The zero-order valence-corrected chi connectivity index (χ0v) is 23.4. The summed E-state index contributed by atoms with van der Waals surface area (Å²) in [5.74, 6) is 0.688. The fourth-order valence-corrected chi connectivity index (χ4v) is 6.53. The quantitative estimate of drug-likeness (QED) is 0.288. The van der Waals surface area contributed by atoms with Crippen molar-refractivity contribution in [2.24, 2.45) is 11.7 Å². The van der Waals surface area contributed by atoms with E-state index in [4.69, 9.17) is 10.7 Å². The summed E-state index contributed by atoms with van der Waals surface area (Å²) in [6.45, 7) is 9.41. The zero-order valence-electron chi connectivity index (χ0n) is 23.4. The largest absolute Gasteiger partial charge is 0.370 e. The number of hydrogen-bond acceptors (Lipinski definition) is 5. The summed E-state index contributed by atoms with van der Waals surface area (Å²) in [4.78, 5) is 7.63. The number of nitrogens with two attached hydrogens (primary N) is 1. The maximum atomic E-state index is 6.28. The third-order valence-electron chi connectivity index (χ3n) is 8.91. The summed E-state index contributed by atoms with van der Waals surface area (Å²) >= 11 is 0. The Morgan fingerprint density at radius 1 is 1.02 bits per heavy atom. The molecule has 1 saturated heterocycles. The van der Waals surface area contributed by atoms with Crippen molar-refractivity contribution in [2.45, 2.75) is 45.2 Å². The highest BCUT2D eigenvalue weighted by molar-refractivity contribution is 5.99. The molecule has 41 heavy (non-hydrogen) atoms. The number of pyridine rings is 1. The van der Waals surface area contributed by atoms with Crippen molar-refractivity contribution in [3.05, 3.63) is 84.7 Å². The molecule has 2 fully saturated rings. The van der Waals surface area contributed by atoms with Gasteiger partial charge in [-0.15, -0.1) is 5.10 Å². The van der Waals surface area contributed by atoms with Gasteiger partial charge < -0.3 is 19.6 Å². The van der Waals surface area contributed by atoms with Crippen LogP contribution in [0.4, 0.5) is 0 Å². The van der Waals surface area contributed by atoms with Crippen LogP contribution in [0.25, 0.3) is 50.4 Å². The highest BCUT2D eigenvalue weighted by atomic mass is 15.4. The Morgan fingerprint density at radius 3 is 2.66 bits per heavy atom. The van der Waals surface area contributed by atoms with Gasteiger partial charge in [-0.1, -0.05) is 42.1 Å². The van der Waals surface area contributed by atoms with Crippen molar-refractivity contribution in [1.29, 1.82) is 0 Å². The predicted molar refractivity (Wildman–Crippen MR) is 164 cm³/mol. The van der Waals surface area contributed by atoms with E-state index >= 15 is 0 Å². The third-order valence-corrected chi connectivity index (χ3v) is 8.91. The van der Waals surface area contributed by atoms with Gasteiger partial charge in [0.05, 0.1) is 16.7 Å². The summed E-state index contributed by atoms with van der Waals surface area (Å²) < 4.78 is 6.67. The molecule has 8 nitrogen and oxygen atoms in total. The topological polar surface area (TPSA) is 82.2 Å². The Bertz CT molecular complexity index is 1950. The van der Waals surface area contributed by atoms with Crippen LogP contribution in [-0.2, 0) is 6.54 Å². The molecule has 0 radical (unpaired) electrons. The number of piperidine rings is 1. The number of likely N-dealkylation sites (tertiary alicyclic amines) is 1. The van der Waals surface area contributed by atoms with Gasteiger partial charge in [0.1, 0.15) is 22.5 Å². The van der Waals surface area contributed by atoms with Gasteiger partial charge in [0.25, 0.3) is 0 Å². The van der Waals surface area contributed by atoms with Crippen molar-refractivity contribution >= 4 is 33.3 Å². The van der Waals surface area contributed by atoms with Crippen LogP contribution >= 0.6 is 0 Å². The molecule has 0 amide bonds. The van der Waals surface area contributed by atoms with Crippen molar-refractivity contribution in [3.63, 3.8) is 0 Å². The smallest absolute Gasteiger partial charge is 0.138 e. The first-order chi connectivity index (χ1) is 20.1. The maximum Gasteiger partial charge on any atom is 0.138 e. The molecule has 2 aromatic carbocycles. The predicted octanol–water partition coefficient (Wildman–Crippen LogP) is 5.80. The lowest BCUT2D eigenvalue weighted by Gasteiger charge is -2.34. The first kappa shape index (κ1) is 24.4. The average Bonchev–Trinajstić information content (AvgIpc) is 3.51. The van der Waals surface area contributed by atoms with Gasteiger partial charge >= 0.3 is 0 Å². The Morgan fingerprint density at radius 2 is 1.83 bits per heavy atom. The van der Waals surface area contributed by atoms with Gasteiger partial charge in [0.2, 0.25) is 0 Å². The minimum absolute atomic E-state index is 0.198. The van der Waals surface area contributed by atoms with E-state index in [1.807, 2.05) is 22.9 Å².